The van der Waals surface area contributed by atoms with Crippen molar-refractivity contribution in [3.63, 3.8) is 0 Å². The maximum absolute atomic E-state index is 10.3. The maximum Gasteiger partial charge on any atom is 0.123 e. The molecule has 3 nitrogen and oxygen atoms in total. The van der Waals surface area contributed by atoms with Crippen LogP contribution >= 0.6 is 48.0 Å². The number of piperazine rings is 1. The molecule has 2 rings (SSSR count). The van der Waals surface area contributed by atoms with Crippen molar-refractivity contribution < 1.29 is 5.11 Å². The average molecular weight is 404 g/mol. The van der Waals surface area contributed by atoms with Gasteiger partial charge < -0.3 is 10.4 Å². The number of unbranched alkanes of at least 4 members (excludes halogenated alkanes) is 2. The van der Waals surface area contributed by atoms with E-state index in [4.69, 9.17) is 23.2 Å². The molecule has 7 heteroatoms. The van der Waals surface area contributed by atoms with Crippen LogP contribution in [0.3, 0.4) is 0 Å². The van der Waals surface area contributed by atoms with Gasteiger partial charge in [-0.25, -0.2) is 0 Å². The van der Waals surface area contributed by atoms with E-state index in [1.165, 1.54) is 12.8 Å². The van der Waals surface area contributed by atoms with Crippen molar-refractivity contribution in [2.75, 3.05) is 26.2 Å². The number of hydrogen-bond donors (Lipinski definition) is 2. The summed E-state index contributed by atoms with van der Waals surface area (Å²) in [4.78, 5) is 2.42. The third kappa shape index (κ3) is 6.49. The molecule has 0 unspecified atom stereocenters. The van der Waals surface area contributed by atoms with Gasteiger partial charge in [-0.15, -0.1) is 24.8 Å². The largest absolute Gasteiger partial charge is 0.508 e. The van der Waals surface area contributed by atoms with Crippen molar-refractivity contribution in [1.82, 2.24) is 10.2 Å². The number of aromatic hydroxyl groups is 1. The first-order chi connectivity index (χ1) is 10.1. The van der Waals surface area contributed by atoms with E-state index in [1.807, 2.05) is 0 Å². The summed E-state index contributed by atoms with van der Waals surface area (Å²) in [5, 5.41) is 14.7. The minimum Gasteiger partial charge on any atom is -0.508 e. The van der Waals surface area contributed by atoms with Gasteiger partial charge in [0.15, 0.2) is 0 Å². The molecule has 134 valence electrons. The maximum atomic E-state index is 10.3. The summed E-state index contributed by atoms with van der Waals surface area (Å²) >= 11 is 12.3. The number of phenolic OH excluding ortho intramolecular Hbond substituents is 1. The molecule has 0 bridgehead atoms. The Balaban J connectivity index is 0.00000242. The Labute approximate surface area is 161 Å². The lowest BCUT2D eigenvalue weighted by atomic mass is 9.97. The van der Waals surface area contributed by atoms with Gasteiger partial charge in [-0.3, -0.25) is 4.90 Å². The van der Waals surface area contributed by atoms with Crippen LogP contribution in [0.4, 0.5) is 0 Å². The SMILES string of the molecule is CCCCC[C@H](c1c(O)cc(Cl)cc1Cl)N1CCNCC1.Cl.Cl. The summed E-state index contributed by atoms with van der Waals surface area (Å²) in [6.45, 7) is 6.13. The lowest BCUT2D eigenvalue weighted by Crippen LogP contribution is -2.45. The average Bonchev–Trinajstić information content (AvgIpc) is 2.45. The van der Waals surface area contributed by atoms with E-state index in [9.17, 15) is 5.11 Å². The third-order valence-electron chi connectivity index (χ3n) is 4.08. The number of nitrogens with zero attached hydrogens (tertiary/aromatic N) is 1. The molecule has 0 amide bonds. The van der Waals surface area contributed by atoms with Crippen LogP contribution in [0.15, 0.2) is 12.1 Å². The topological polar surface area (TPSA) is 35.5 Å². The van der Waals surface area contributed by atoms with E-state index in [1.54, 1.807) is 12.1 Å². The number of halogens is 4. The predicted octanol–water partition coefficient (Wildman–Crippen LogP) is 5.07. The molecule has 0 saturated carbocycles. The standard InChI is InChI=1S/C16H24Cl2N2O.2ClH/c1-2-3-4-5-14(20-8-6-19-7-9-20)16-13(18)10-12(17)11-15(16)21;;/h10-11,14,19,21H,2-9H2,1H3;2*1H/t14-;;/m1../s1. The van der Waals surface area contributed by atoms with Gasteiger partial charge in [0.1, 0.15) is 5.75 Å². The Bertz CT molecular complexity index is 444. The Morgan fingerprint density at radius 2 is 1.83 bits per heavy atom. The summed E-state index contributed by atoms with van der Waals surface area (Å²) in [6.07, 6.45) is 4.55. The molecule has 1 heterocycles. The highest BCUT2D eigenvalue weighted by Gasteiger charge is 2.26. The molecule has 23 heavy (non-hydrogen) atoms. The van der Waals surface area contributed by atoms with Crippen molar-refractivity contribution in [3.05, 3.63) is 27.7 Å². The zero-order chi connectivity index (χ0) is 15.2. The van der Waals surface area contributed by atoms with Gasteiger partial charge in [0, 0.05) is 42.8 Å². The third-order valence-corrected chi connectivity index (χ3v) is 4.61. The highest BCUT2D eigenvalue weighted by atomic mass is 35.5. The van der Waals surface area contributed by atoms with E-state index in [0.717, 1.165) is 44.6 Å². The van der Waals surface area contributed by atoms with Crippen LogP contribution in [0.2, 0.25) is 10.0 Å². The molecule has 1 aromatic carbocycles. The van der Waals surface area contributed by atoms with Crippen LogP contribution in [0.25, 0.3) is 0 Å². The van der Waals surface area contributed by atoms with Crippen LogP contribution in [-0.2, 0) is 0 Å². The monoisotopic (exact) mass is 402 g/mol. The van der Waals surface area contributed by atoms with Gasteiger partial charge in [-0.2, -0.15) is 0 Å². The molecule has 2 N–H and O–H groups in total. The summed E-state index contributed by atoms with van der Waals surface area (Å²) in [5.41, 5.74) is 0.832. The molecule has 1 atom stereocenters. The summed E-state index contributed by atoms with van der Waals surface area (Å²) in [6, 6.07) is 3.49. The Kier molecular flexibility index (Phi) is 11.7. The Morgan fingerprint density at radius 1 is 1.17 bits per heavy atom. The molecule has 1 aliphatic heterocycles. The normalized spacial score (nSPS) is 16.3. The zero-order valence-corrected chi connectivity index (χ0v) is 16.5. The van der Waals surface area contributed by atoms with E-state index in [2.05, 4.69) is 17.1 Å². The van der Waals surface area contributed by atoms with Crippen LogP contribution in [0.5, 0.6) is 5.75 Å². The number of phenols is 1. The first kappa shape index (κ1) is 23.1. The lowest BCUT2D eigenvalue weighted by molar-refractivity contribution is 0.160. The minimum atomic E-state index is 0. The van der Waals surface area contributed by atoms with Gasteiger partial charge in [0.25, 0.3) is 0 Å². The minimum absolute atomic E-state index is 0. The van der Waals surface area contributed by atoms with Crippen LogP contribution < -0.4 is 5.32 Å². The second kappa shape index (κ2) is 11.6. The molecular weight excluding hydrogens is 378 g/mol. The number of nitrogens with one attached hydrogen (secondary N) is 1. The molecule has 0 spiro atoms. The van der Waals surface area contributed by atoms with E-state index in [-0.39, 0.29) is 36.6 Å². The highest BCUT2D eigenvalue weighted by Crippen LogP contribution is 2.39. The second-order valence-electron chi connectivity index (χ2n) is 5.62. The van der Waals surface area contributed by atoms with Gasteiger partial charge in [-0.05, 0) is 18.6 Å². The number of hydrogen-bond acceptors (Lipinski definition) is 3. The molecule has 1 aromatic rings. The van der Waals surface area contributed by atoms with Gasteiger partial charge >= 0.3 is 0 Å². The molecule has 0 aromatic heterocycles. The zero-order valence-electron chi connectivity index (χ0n) is 13.4. The van der Waals surface area contributed by atoms with Crippen LogP contribution in [0, 0.1) is 0 Å². The first-order valence-corrected chi connectivity index (χ1v) is 8.51. The molecule has 1 aliphatic rings. The number of benzene rings is 1. The van der Waals surface area contributed by atoms with Crippen LogP contribution in [-0.4, -0.2) is 36.2 Å². The van der Waals surface area contributed by atoms with Crippen molar-refractivity contribution in [3.8, 4) is 5.75 Å². The number of rotatable bonds is 6. The molecular formula is C16H26Cl4N2O. The smallest absolute Gasteiger partial charge is 0.123 e. The van der Waals surface area contributed by atoms with E-state index >= 15 is 0 Å². The predicted molar refractivity (Wildman–Crippen MR) is 104 cm³/mol. The van der Waals surface area contributed by atoms with E-state index < -0.39 is 0 Å². The fraction of sp³-hybridized carbons (Fsp3) is 0.625. The fourth-order valence-corrected chi connectivity index (χ4v) is 3.60. The fourth-order valence-electron chi connectivity index (χ4n) is 2.99. The summed E-state index contributed by atoms with van der Waals surface area (Å²) in [5.74, 6) is 0.215. The van der Waals surface area contributed by atoms with E-state index in [0.29, 0.717) is 10.0 Å². The quantitative estimate of drug-likeness (QED) is 0.650. The highest BCUT2D eigenvalue weighted by molar-refractivity contribution is 6.35. The second-order valence-corrected chi connectivity index (χ2v) is 6.46. The van der Waals surface area contributed by atoms with Crippen molar-refractivity contribution in [1.29, 1.82) is 0 Å². The Morgan fingerprint density at radius 3 is 2.39 bits per heavy atom. The van der Waals surface area contributed by atoms with Gasteiger partial charge in [0.2, 0.25) is 0 Å². The van der Waals surface area contributed by atoms with Gasteiger partial charge in [-0.1, -0.05) is 49.4 Å². The molecule has 1 fully saturated rings. The first-order valence-electron chi connectivity index (χ1n) is 7.76. The van der Waals surface area contributed by atoms with Crippen molar-refractivity contribution in [2.45, 2.75) is 38.6 Å². The summed E-state index contributed by atoms with van der Waals surface area (Å²) in [7, 11) is 0. The van der Waals surface area contributed by atoms with Gasteiger partial charge in [0.05, 0.1) is 5.02 Å². The lowest BCUT2D eigenvalue weighted by Gasteiger charge is -2.36. The molecule has 0 aliphatic carbocycles. The molecule has 1 saturated heterocycles. The van der Waals surface area contributed by atoms with Crippen molar-refractivity contribution in [2.24, 2.45) is 0 Å². The molecule has 0 radical (unpaired) electrons. The van der Waals surface area contributed by atoms with Crippen LogP contribution in [0.1, 0.15) is 44.2 Å². The Hall–Kier alpha value is 0.1000. The summed E-state index contributed by atoms with van der Waals surface area (Å²) < 4.78 is 0. The van der Waals surface area contributed by atoms with Crippen molar-refractivity contribution >= 4 is 48.0 Å².